The summed E-state index contributed by atoms with van der Waals surface area (Å²) in [5.74, 6) is 0.331. The Morgan fingerprint density at radius 1 is 1.53 bits per heavy atom. The third-order valence-electron chi connectivity index (χ3n) is 4.30. The predicted molar refractivity (Wildman–Crippen MR) is 72.3 cm³/mol. The summed E-state index contributed by atoms with van der Waals surface area (Å²) >= 11 is 0. The fourth-order valence-electron chi connectivity index (χ4n) is 3.37. The number of piperidine rings is 1. The summed E-state index contributed by atoms with van der Waals surface area (Å²) in [4.78, 5) is 18.6. The van der Waals surface area contributed by atoms with Crippen LogP contribution in [-0.2, 0) is 4.79 Å². The lowest BCUT2D eigenvalue weighted by Crippen LogP contribution is -2.49. The van der Waals surface area contributed by atoms with Crippen molar-refractivity contribution in [2.45, 2.75) is 24.9 Å². The first-order valence-corrected chi connectivity index (χ1v) is 6.95. The Morgan fingerprint density at radius 2 is 2.42 bits per heavy atom. The van der Waals surface area contributed by atoms with Gasteiger partial charge in [0, 0.05) is 25.3 Å². The van der Waals surface area contributed by atoms with E-state index in [0.717, 1.165) is 31.6 Å². The molecule has 3 unspecified atom stereocenters. The maximum Gasteiger partial charge on any atom is 0.224 e. The van der Waals surface area contributed by atoms with Crippen molar-refractivity contribution in [1.82, 2.24) is 15.2 Å². The second-order valence-corrected chi connectivity index (χ2v) is 5.31. The van der Waals surface area contributed by atoms with E-state index in [0.29, 0.717) is 6.54 Å². The van der Waals surface area contributed by atoms with E-state index in [2.05, 4.69) is 15.2 Å². The van der Waals surface area contributed by atoms with Gasteiger partial charge in [-0.25, -0.2) is 0 Å². The number of nitrogens with one attached hydrogen (secondary N) is 1. The first-order valence-electron chi connectivity index (χ1n) is 6.95. The van der Waals surface area contributed by atoms with Crippen LogP contribution >= 0.6 is 0 Å². The number of hydrogen-bond donors (Lipinski definition) is 2. The Labute approximate surface area is 113 Å². The molecule has 0 spiro atoms. The summed E-state index contributed by atoms with van der Waals surface area (Å²) in [7, 11) is 0. The van der Waals surface area contributed by atoms with E-state index in [9.17, 15) is 4.79 Å². The normalized spacial score (nSPS) is 28.8. The summed E-state index contributed by atoms with van der Waals surface area (Å²) in [5, 5.41) is 2.98. The minimum Gasteiger partial charge on any atom is -0.354 e. The molecular weight excluding hydrogens is 240 g/mol. The van der Waals surface area contributed by atoms with Gasteiger partial charge in [0.2, 0.25) is 5.91 Å². The van der Waals surface area contributed by atoms with Crippen LogP contribution in [0.1, 0.15) is 24.6 Å². The molecule has 2 aliphatic heterocycles. The highest BCUT2D eigenvalue weighted by Crippen LogP contribution is 2.33. The van der Waals surface area contributed by atoms with Gasteiger partial charge in [-0.2, -0.15) is 0 Å². The average molecular weight is 260 g/mol. The lowest BCUT2D eigenvalue weighted by atomic mass is 9.89. The first-order chi connectivity index (χ1) is 9.31. The number of likely N-dealkylation sites (tertiary alicyclic amines) is 1. The number of rotatable bonds is 3. The van der Waals surface area contributed by atoms with Gasteiger partial charge in [-0.15, -0.1) is 0 Å². The van der Waals surface area contributed by atoms with E-state index in [-0.39, 0.29) is 23.9 Å². The summed E-state index contributed by atoms with van der Waals surface area (Å²) in [6.07, 6.45) is 3.85. The summed E-state index contributed by atoms with van der Waals surface area (Å²) < 4.78 is 0. The molecule has 3 heterocycles. The molecule has 3 atom stereocenters. The average Bonchev–Trinajstić information content (AvgIpc) is 2.84. The second-order valence-electron chi connectivity index (χ2n) is 5.31. The summed E-state index contributed by atoms with van der Waals surface area (Å²) in [5.41, 5.74) is 6.97. The van der Waals surface area contributed by atoms with Crippen LogP contribution < -0.4 is 11.1 Å². The van der Waals surface area contributed by atoms with Crippen molar-refractivity contribution in [3.05, 3.63) is 30.1 Å². The molecule has 0 aromatic carbocycles. The van der Waals surface area contributed by atoms with E-state index in [1.165, 1.54) is 0 Å². The van der Waals surface area contributed by atoms with Gasteiger partial charge in [-0.3, -0.25) is 14.7 Å². The van der Waals surface area contributed by atoms with Gasteiger partial charge < -0.3 is 11.1 Å². The number of carbonyl (C=O) groups is 1. The maximum atomic E-state index is 11.8. The quantitative estimate of drug-likeness (QED) is 0.819. The highest BCUT2D eigenvalue weighted by Gasteiger charge is 2.43. The Balaban J connectivity index is 1.85. The van der Waals surface area contributed by atoms with E-state index >= 15 is 0 Å². The SMILES string of the molecule is NCC(c1ccccn1)N1CCCC2C(=O)NCC21. The number of pyridine rings is 1. The molecule has 0 bridgehead atoms. The van der Waals surface area contributed by atoms with Crippen LogP contribution in [0.3, 0.4) is 0 Å². The van der Waals surface area contributed by atoms with Crippen LogP contribution in [0.4, 0.5) is 0 Å². The van der Waals surface area contributed by atoms with Crippen LogP contribution in [0.5, 0.6) is 0 Å². The number of nitrogens with zero attached hydrogens (tertiary/aromatic N) is 2. The largest absolute Gasteiger partial charge is 0.354 e. The number of aromatic nitrogens is 1. The Kier molecular flexibility index (Phi) is 3.48. The molecule has 2 saturated heterocycles. The van der Waals surface area contributed by atoms with Crippen molar-refractivity contribution >= 4 is 5.91 Å². The van der Waals surface area contributed by atoms with E-state index in [1.807, 2.05) is 18.2 Å². The Bertz CT molecular complexity index is 450. The van der Waals surface area contributed by atoms with Gasteiger partial charge in [0.15, 0.2) is 0 Å². The van der Waals surface area contributed by atoms with Crippen LogP contribution in [0.25, 0.3) is 0 Å². The zero-order valence-corrected chi connectivity index (χ0v) is 11.0. The number of carbonyl (C=O) groups excluding carboxylic acids is 1. The molecule has 1 amide bonds. The van der Waals surface area contributed by atoms with E-state index in [1.54, 1.807) is 6.20 Å². The van der Waals surface area contributed by atoms with Gasteiger partial charge in [-0.1, -0.05) is 6.07 Å². The lowest BCUT2D eigenvalue weighted by molar-refractivity contribution is -0.124. The molecular formula is C14H20N4O. The van der Waals surface area contributed by atoms with Crippen LogP contribution in [0.2, 0.25) is 0 Å². The van der Waals surface area contributed by atoms with E-state index in [4.69, 9.17) is 5.73 Å². The zero-order chi connectivity index (χ0) is 13.2. The van der Waals surface area contributed by atoms with Crippen molar-refractivity contribution < 1.29 is 4.79 Å². The molecule has 0 saturated carbocycles. The topological polar surface area (TPSA) is 71.2 Å². The first kappa shape index (κ1) is 12.6. The summed E-state index contributed by atoms with van der Waals surface area (Å²) in [6.45, 7) is 2.27. The standard InChI is InChI=1S/C14H20N4O/c15-8-12(11-5-1-2-6-16-11)18-7-3-4-10-13(18)9-17-14(10)19/h1-2,5-6,10,12-13H,3-4,7-9,15H2,(H,17,19). The van der Waals surface area contributed by atoms with E-state index < -0.39 is 0 Å². The third-order valence-corrected chi connectivity index (χ3v) is 4.30. The molecule has 0 aliphatic carbocycles. The van der Waals surface area contributed by atoms with Crippen molar-refractivity contribution in [1.29, 1.82) is 0 Å². The number of hydrogen-bond acceptors (Lipinski definition) is 4. The molecule has 19 heavy (non-hydrogen) atoms. The van der Waals surface area contributed by atoms with Gasteiger partial charge in [-0.05, 0) is 31.5 Å². The fraction of sp³-hybridized carbons (Fsp3) is 0.571. The van der Waals surface area contributed by atoms with Crippen molar-refractivity contribution in [2.75, 3.05) is 19.6 Å². The maximum absolute atomic E-state index is 11.8. The fourth-order valence-corrected chi connectivity index (χ4v) is 3.37. The molecule has 5 nitrogen and oxygen atoms in total. The minimum atomic E-state index is 0.113. The van der Waals surface area contributed by atoms with Crippen LogP contribution in [0, 0.1) is 5.92 Å². The Morgan fingerprint density at radius 3 is 3.16 bits per heavy atom. The van der Waals surface area contributed by atoms with Crippen molar-refractivity contribution in [3.63, 3.8) is 0 Å². The summed E-state index contributed by atoms with van der Waals surface area (Å²) in [6, 6.07) is 6.31. The third kappa shape index (κ3) is 2.24. The molecule has 3 rings (SSSR count). The van der Waals surface area contributed by atoms with Crippen LogP contribution in [-0.4, -0.2) is 41.5 Å². The predicted octanol–water partition coefficient (Wildman–Crippen LogP) is 0.292. The smallest absolute Gasteiger partial charge is 0.224 e. The highest BCUT2D eigenvalue weighted by atomic mass is 16.2. The molecule has 2 fully saturated rings. The number of fused-ring (bicyclic) bond motifs is 1. The second kappa shape index (κ2) is 5.27. The Hall–Kier alpha value is -1.46. The van der Waals surface area contributed by atoms with Crippen molar-refractivity contribution in [2.24, 2.45) is 11.7 Å². The molecule has 3 N–H and O–H groups in total. The van der Waals surface area contributed by atoms with Crippen LogP contribution in [0.15, 0.2) is 24.4 Å². The molecule has 0 radical (unpaired) electrons. The van der Waals surface area contributed by atoms with Crippen molar-refractivity contribution in [3.8, 4) is 0 Å². The molecule has 1 aromatic heterocycles. The molecule has 5 heteroatoms. The monoisotopic (exact) mass is 260 g/mol. The lowest BCUT2D eigenvalue weighted by Gasteiger charge is -2.40. The molecule has 102 valence electrons. The zero-order valence-electron chi connectivity index (χ0n) is 11.0. The number of nitrogens with two attached hydrogens (primary N) is 1. The molecule has 2 aliphatic rings. The van der Waals surface area contributed by atoms with Gasteiger partial charge in [0.25, 0.3) is 0 Å². The van der Waals surface area contributed by atoms with Gasteiger partial charge in [0.1, 0.15) is 0 Å². The minimum absolute atomic E-state index is 0.113. The van der Waals surface area contributed by atoms with Gasteiger partial charge >= 0.3 is 0 Å². The number of amides is 1. The highest BCUT2D eigenvalue weighted by molar-refractivity contribution is 5.82. The van der Waals surface area contributed by atoms with Gasteiger partial charge in [0.05, 0.1) is 17.7 Å². The molecule has 1 aromatic rings.